The number of rotatable bonds is 5. The molecule has 104 valence electrons. The maximum Gasteiger partial charge on any atom is 0.269 e. The predicted molar refractivity (Wildman–Crippen MR) is 82.3 cm³/mol. The Morgan fingerprint density at radius 3 is 2.70 bits per heavy atom. The highest BCUT2D eigenvalue weighted by atomic mass is 79.9. The van der Waals surface area contributed by atoms with Gasteiger partial charge in [0.1, 0.15) is 5.69 Å². The summed E-state index contributed by atoms with van der Waals surface area (Å²) < 4.78 is 1.06. The number of pyridine rings is 1. The van der Waals surface area contributed by atoms with E-state index in [0.29, 0.717) is 18.8 Å². The zero-order chi connectivity index (χ0) is 14.4. The molecule has 0 atom stereocenters. The molecule has 0 aliphatic heterocycles. The Bertz CT molecular complexity index is 584. The van der Waals surface area contributed by atoms with Gasteiger partial charge >= 0.3 is 0 Å². The SMILES string of the molecule is NCc1ccc(C(=O)NCCc2ccccc2Br)nc1. The molecular weight excluding hydrogens is 318 g/mol. The zero-order valence-electron chi connectivity index (χ0n) is 11.0. The van der Waals surface area contributed by atoms with Crippen LogP contribution in [0.25, 0.3) is 0 Å². The van der Waals surface area contributed by atoms with Crippen molar-refractivity contribution in [3.05, 3.63) is 63.9 Å². The van der Waals surface area contributed by atoms with E-state index in [0.717, 1.165) is 16.5 Å². The van der Waals surface area contributed by atoms with Crippen molar-refractivity contribution in [2.45, 2.75) is 13.0 Å². The fourth-order valence-corrected chi connectivity index (χ4v) is 2.26. The molecule has 0 aliphatic carbocycles. The van der Waals surface area contributed by atoms with Gasteiger partial charge in [0.15, 0.2) is 0 Å². The van der Waals surface area contributed by atoms with E-state index in [1.807, 2.05) is 30.3 Å². The maximum absolute atomic E-state index is 11.9. The summed E-state index contributed by atoms with van der Waals surface area (Å²) in [7, 11) is 0. The molecule has 0 saturated heterocycles. The zero-order valence-corrected chi connectivity index (χ0v) is 12.6. The first-order valence-corrected chi connectivity index (χ1v) is 7.16. The molecule has 5 heteroatoms. The van der Waals surface area contributed by atoms with Crippen molar-refractivity contribution in [3.63, 3.8) is 0 Å². The number of carbonyl (C=O) groups is 1. The summed E-state index contributed by atoms with van der Waals surface area (Å²) in [5.41, 5.74) is 7.98. The van der Waals surface area contributed by atoms with Gasteiger partial charge in [-0.15, -0.1) is 0 Å². The van der Waals surface area contributed by atoms with Crippen LogP contribution in [0.2, 0.25) is 0 Å². The molecule has 2 aromatic rings. The van der Waals surface area contributed by atoms with Crippen molar-refractivity contribution in [1.82, 2.24) is 10.3 Å². The van der Waals surface area contributed by atoms with Crippen LogP contribution in [0.5, 0.6) is 0 Å². The lowest BCUT2D eigenvalue weighted by molar-refractivity contribution is 0.0949. The van der Waals surface area contributed by atoms with Crippen molar-refractivity contribution in [2.24, 2.45) is 5.73 Å². The number of benzene rings is 1. The molecule has 2 rings (SSSR count). The summed E-state index contributed by atoms with van der Waals surface area (Å²) in [5, 5.41) is 2.86. The van der Waals surface area contributed by atoms with Crippen LogP contribution in [0.15, 0.2) is 47.1 Å². The highest BCUT2D eigenvalue weighted by molar-refractivity contribution is 9.10. The van der Waals surface area contributed by atoms with Gasteiger partial charge in [-0.1, -0.05) is 40.2 Å². The molecule has 0 aliphatic rings. The molecular formula is C15H16BrN3O. The number of carbonyl (C=O) groups excluding carboxylic acids is 1. The Hall–Kier alpha value is -1.72. The monoisotopic (exact) mass is 333 g/mol. The summed E-state index contributed by atoms with van der Waals surface area (Å²) in [6.07, 6.45) is 2.40. The number of nitrogens with two attached hydrogens (primary N) is 1. The van der Waals surface area contributed by atoms with E-state index < -0.39 is 0 Å². The van der Waals surface area contributed by atoms with Crippen molar-refractivity contribution < 1.29 is 4.79 Å². The van der Waals surface area contributed by atoms with Crippen LogP contribution in [0.3, 0.4) is 0 Å². The third-order valence-corrected chi connectivity index (χ3v) is 3.70. The van der Waals surface area contributed by atoms with E-state index in [4.69, 9.17) is 5.73 Å². The van der Waals surface area contributed by atoms with Gasteiger partial charge in [0.2, 0.25) is 0 Å². The highest BCUT2D eigenvalue weighted by Gasteiger charge is 2.06. The molecule has 0 fully saturated rings. The fourth-order valence-electron chi connectivity index (χ4n) is 1.78. The molecule has 1 amide bonds. The molecule has 1 aromatic carbocycles. The number of hydrogen-bond donors (Lipinski definition) is 2. The Balaban J connectivity index is 1.87. The van der Waals surface area contributed by atoms with E-state index in [1.54, 1.807) is 12.3 Å². The number of amides is 1. The van der Waals surface area contributed by atoms with Crippen LogP contribution in [-0.2, 0) is 13.0 Å². The van der Waals surface area contributed by atoms with Gasteiger partial charge in [0.25, 0.3) is 5.91 Å². The Morgan fingerprint density at radius 1 is 1.25 bits per heavy atom. The van der Waals surface area contributed by atoms with Gasteiger partial charge in [0, 0.05) is 23.8 Å². The molecule has 0 spiro atoms. The van der Waals surface area contributed by atoms with Gasteiger partial charge in [-0.2, -0.15) is 0 Å². The number of nitrogens with zero attached hydrogens (tertiary/aromatic N) is 1. The smallest absolute Gasteiger partial charge is 0.269 e. The second kappa shape index (κ2) is 7.17. The van der Waals surface area contributed by atoms with E-state index in [2.05, 4.69) is 26.2 Å². The van der Waals surface area contributed by atoms with E-state index >= 15 is 0 Å². The highest BCUT2D eigenvalue weighted by Crippen LogP contribution is 2.15. The number of aromatic nitrogens is 1. The Morgan fingerprint density at radius 2 is 2.05 bits per heavy atom. The molecule has 0 saturated carbocycles. The number of nitrogens with one attached hydrogen (secondary N) is 1. The lowest BCUT2D eigenvalue weighted by atomic mass is 10.1. The van der Waals surface area contributed by atoms with Crippen LogP contribution in [0, 0.1) is 0 Å². The quantitative estimate of drug-likeness (QED) is 0.881. The number of hydrogen-bond acceptors (Lipinski definition) is 3. The Kier molecular flexibility index (Phi) is 5.26. The Labute approximate surface area is 126 Å². The van der Waals surface area contributed by atoms with Crippen LogP contribution in [0.4, 0.5) is 0 Å². The molecule has 0 bridgehead atoms. The van der Waals surface area contributed by atoms with Gasteiger partial charge in [-0.3, -0.25) is 9.78 Å². The summed E-state index contributed by atoms with van der Waals surface area (Å²) >= 11 is 3.49. The fraction of sp³-hybridized carbons (Fsp3) is 0.200. The second-order valence-corrected chi connectivity index (χ2v) is 5.21. The van der Waals surface area contributed by atoms with E-state index in [9.17, 15) is 4.79 Å². The van der Waals surface area contributed by atoms with Gasteiger partial charge in [-0.05, 0) is 29.7 Å². The summed E-state index contributed by atoms with van der Waals surface area (Å²) in [6.45, 7) is 0.999. The maximum atomic E-state index is 11.9. The minimum atomic E-state index is -0.166. The summed E-state index contributed by atoms with van der Waals surface area (Å²) in [4.78, 5) is 16.0. The van der Waals surface area contributed by atoms with Crippen LogP contribution >= 0.6 is 15.9 Å². The molecule has 0 radical (unpaired) electrons. The molecule has 1 heterocycles. The lowest BCUT2D eigenvalue weighted by Gasteiger charge is -2.06. The largest absolute Gasteiger partial charge is 0.350 e. The van der Waals surface area contributed by atoms with Gasteiger partial charge < -0.3 is 11.1 Å². The minimum absolute atomic E-state index is 0.166. The predicted octanol–water partition coefficient (Wildman–Crippen LogP) is 2.28. The van der Waals surface area contributed by atoms with Crippen LogP contribution < -0.4 is 11.1 Å². The molecule has 20 heavy (non-hydrogen) atoms. The standard InChI is InChI=1S/C15H16BrN3O/c16-13-4-2-1-3-12(13)7-8-18-15(20)14-6-5-11(9-17)10-19-14/h1-6,10H,7-9,17H2,(H,18,20). The lowest BCUT2D eigenvalue weighted by Crippen LogP contribution is -2.26. The van der Waals surface area contributed by atoms with Gasteiger partial charge in [-0.25, -0.2) is 0 Å². The summed E-state index contributed by atoms with van der Waals surface area (Å²) in [6, 6.07) is 11.5. The van der Waals surface area contributed by atoms with Crippen molar-refractivity contribution in [3.8, 4) is 0 Å². The first kappa shape index (κ1) is 14.7. The molecule has 3 N–H and O–H groups in total. The van der Waals surface area contributed by atoms with Crippen molar-refractivity contribution in [2.75, 3.05) is 6.54 Å². The van der Waals surface area contributed by atoms with Gasteiger partial charge in [0.05, 0.1) is 0 Å². The van der Waals surface area contributed by atoms with Crippen LogP contribution in [-0.4, -0.2) is 17.4 Å². The summed E-state index contributed by atoms with van der Waals surface area (Å²) in [5.74, 6) is -0.166. The number of halogens is 1. The second-order valence-electron chi connectivity index (χ2n) is 4.35. The third-order valence-electron chi connectivity index (χ3n) is 2.93. The average molecular weight is 334 g/mol. The minimum Gasteiger partial charge on any atom is -0.350 e. The third kappa shape index (κ3) is 3.88. The van der Waals surface area contributed by atoms with Crippen molar-refractivity contribution in [1.29, 1.82) is 0 Å². The molecule has 0 unspecified atom stereocenters. The van der Waals surface area contributed by atoms with E-state index in [1.165, 1.54) is 5.56 Å². The normalized spacial score (nSPS) is 10.3. The molecule has 4 nitrogen and oxygen atoms in total. The first-order chi connectivity index (χ1) is 9.70. The van der Waals surface area contributed by atoms with Crippen molar-refractivity contribution >= 4 is 21.8 Å². The first-order valence-electron chi connectivity index (χ1n) is 6.37. The average Bonchev–Trinajstić information content (AvgIpc) is 2.49. The molecule has 1 aromatic heterocycles. The van der Waals surface area contributed by atoms with Crippen LogP contribution in [0.1, 0.15) is 21.6 Å². The van der Waals surface area contributed by atoms with E-state index in [-0.39, 0.29) is 5.91 Å². The topological polar surface area (TPSA) is 68.0 Å².